The lowest BCUT2D eigenvalue weighted by atomic mass is 10.1. The minimum absolute atomic E-state index is 0.120. The molecule has 2 saturated heterocycles. The van der Waals surface area contributed by atoms with Crippen LogP contribution >= 0.6 is 0 Å². The third-order valence-corrected chi connectivity index (χ3v) is 5.62. The minimum Gasteiger partial charge on any atom is -0.298 e. The van der Waals surface area contributed by atoms with Gasteiger partial charge in [-0.3, -0.25) is 4.90 Å². The molecule has 13 heavy (non-hydrogen) atoms. The fourth-order valence-electron chi connectivity index (χ4n) is 2.29. The number of rotatable bonds is 1. The quantitative estimate of drug-likeness (QED) is 0.628. The molecule has 0 saturated carbocycles. The average molecular weight is 203 g/mol. The molecule has 0 amide bonds. The zero-order chi connectivity index (χ0) is 9.47. The van der Waals surface area contributed by atoms with Gasteiger partial charge in [-0.05, 0) is 32.9 Å². The highest BCUT2D eigenvalue weighted by molar-refractivity contribution is 7.93. The fraction of sp³-hybridized carbons (Fsp3) is 1.00. The Balaban J connectivity index is 1.96. The smallest absolute Gasteiger partial charge is 0.156 e. The Morgan fingerprint density at radius 2 is 1.77 bits per heavy atom. The van der Waals surface area contributed by atoms with Crippen molar-refractivity contribution in [1.29, 1.82) is 0 Å². The van der Waals surface area contributed by atoms with Crippen LogP contribution in [-0.2, 0) is 9.84 Å². The van der Waals surface area contributed by atoms with Gasteiger partial charge in [0, 0.05) is 6.04 Å². The molecule has 2 atom stereocenters. The van der Waals surface area contributed by atoms with Crippen LogP contribution in [-0.4, -0.2) is 43.5 Å². The molecule has 3 nitrogen and oxygen atoms in total. The molecule has 2 fully saturated rings. The summed E-state index contributed by atoms with van der Waals surface area (Å²) < 4.78 is 22.5. The fourth-order valence-corrected chi connectivity index (χ4v) is 3.96. The molecule has 2 aliphatic rings. The Labute approximate surface area is 80.0 Å². The number of likely N-dealkylation sites (tertiary alicyclic amines) is 1. The van der Waals surface area contributed by atoms with E-state index < -0.39 is 9.84 Å². The van der Waals surface area contributed by atoms with Gasteiger partial charge in [0.1, 0.15) is 0 Å². The monoisotopic (exact) mass is 203 g/mol. The van der Waals surface area contributed by atoms with Gasteiger partial charge in [-0.1, -0.05) is 6.42 Å². The van der Waals surface area contributed by atoms with Crippen molar-refractivity contribution in [1.82, 2.24) is 4.90 Å². The lowest BCUT2D eigenvalue weighted by Gasteiger charge is -2.43. The van der Waals surface area contributed by atoms with Crippen LogP contribution in [0.4, 0.5) is 0 Å². The molecule has 0 aliphatic carbocycles. The van der Waals surface area contributed by atoms with Gasteiger partial charge < -0.3 is 0 Å². The second kappa shape index (κ2) is 3.24. The maximum absolute atomic E-state index is 11.2. The van der Waals surface area contributed by atoms with E-state index in [4.69, 9.17) is 0 Å². The lowest BCUT2D eigenvalue weighted by Crippen LogP contribution is -2.60. The summed E-state index contributed by atoms with van der Waals surface area (Å²) in [7, 11) is -2.70. The van der Waals surface area contributed by atoms with E-state index in [9.17, 15) is 8.42 Å². The summed E-state index contributed by atoms with van der Waals surface area (Å²) in [5.41, 5.74) is 0. The van der Waals surface area contributed by atoms with Gasteiger partial charge in [0.2, 0.25) is 0 Å². The lowest BCUT2D eigenvalue weighted by molar-refractivity contribution is 0.161. The third-order valence-electron chi connectivity index (χ3n) is 3.37. The average Bonchev–Trinajstić information content (AvgIpc) is 2.15. The summed E-state index contributed by atoms with van der Waals surface area (Å²) in [5.74, 6) is 0.397. The van der Waals surface area contributed by atoms with Crippen molar-refractivity contribution in [2.24, 2.45) is 0 Å². The zero-order valence-corrected chi connectivity index (χ0v) is 8.89. The largest absolute Gasteiger partial charge is 0.298 e. The van der Waals surface area contributed by atoms with E-state index in [1.165, 1.54) is 19.3 Å². The third kappa shape index (κ3) is 1.62. The van der Waals surface area contributed by atoms with Crippen LogP contribution in [0.3, 0.4) is 0 Å². The van der Waals surface area contributed by atoms with Gasteiger partial charge in [0.25, 0.3) is 0 Å². The number of hydrogen-bond donors (Lipinski definition) is 0. The molecule has 2 aliphatic heterocycles. The summed E-state index contributed by atoms with van der Waals surface area (Å²) in [5, 5.41) is -0.120. The first-order chi connectivity index (χ1) is 6.11. The molecule has 2 rings (SSSR count). The summed E-state index contributed by atoms with van der Waals surface area (Å²) in [6, 6.07) is 0.324. The Hall–Kier alpha value is -0.0900. The van der Waals surface area contributed by atoms with Gasteiger partial charge >= 0.3 is 0 Å². The number of piperidine rings is 1. The second-order valence-electron chi connectivity index (χ2n) is 4.20. The van der Waals surface area contributed by atoms with Gasteiger partial charge in [0.05, 0.1) is 11.0 Å². The molecule has 4 heteroatoms. The van der Waals surface area contributed by atoms with Crippen LogP contribution in [0.2, 0.25) is 0 Å². The van der Waals surface area contributed by atoms with Crippen molar-refractivity contribution in [2.75, 3.05) is 18.8 Å². The van der Waals surface area contributed by atoms with Crippen molar-refractivity contribution in [3.05, 3.63) is 0 Å². The van der Waals surface area contributed by atoms with Crippen molar-refractivity contribution in [2.45, 2.75) is 37.5 Å². The van der Waals surface area contributed by atoms with Gasteiger partial charge in [0.15, 0.2) is 9.84 Å². The van der Waals surface area contributed by atoms with Gasteiger partial charge in [-0.15, -0.1) is 0 Å². The van der Waals surface area contributed by atoms with Crippen molar-refractivity contribution < 1.29 is 8.42 Å². The molecule has 0 radical (unpaired) electrons. The summed E-state index contributed by atoms with van der Waals surface area (Å²) in [4.78, 5) is 2.36. The van der Waals surface area contributed by atoms with Crippen molar-refractivity contribution >= 4 is 9.84 Å². The summed E-state index contributed by atoms with van der Waals surface area (Å²) in [6.07, 6.45) is 3.79. The van der Waals surface area contributed by atoms with Crippen LogP contribution in [0.5, 0.6) is 0 Å². The molecular weight excluding hydrogens is 186 g/mol. The van der Waals surface area contributed by atoms with E-state index in [-0.39, 0.29) is 5.25 Å². The SMILES string of the molecule is C[C@H]1[C@H](N2CCCCC2)CS1(=O)=O. The number of sulfone groups is 1. The van der Waals surface area contributed by atoms with Gasteiger partial charge in [-0.25, -0.2) is 8.42 Å². The molecule has 0 aromatic rings. The maximum Gasteiger partial charge on any atom is 0.156 e. The number of hydrogen-bond acceptors (Lipinski definition) is 3. The number of nitrogens with zero attached hydrogens (tertiary/aromatic N) is 1. The highest BCUT2D eigenvalue weighted by atomic mass is 32.2. The van der Waals surface area contributed by atoms with Crippen LogP contribution < -0.4 is 0 Å². The predicted octanol–water partition coefficient (Wildman–Crippen LogP) is 0.658. The first-order valence-corrected chi connectivity index (χ1v) is 6.78. The molecule has 0 spiro atoms. The molecule has 2 heterocycles. The maximum atomic E-state index is 11.2. The van der Waals surface area contributed by atoms with Crippen LogP contribution in [0.15, 0.2) is 0 Å². The minimum atomic E-state index is -2.70. The second-order valence-corrected chi connectivity index (χ2v) is 6.60. The Morgan fingerprint density at radius 1 is 1.15 bits per heavy atom. The first kappa shape index (κ1) is 9.46. The normalized spacial score (nSPS) is 39.8. The predicted molar refractivity (Wildman–Crippen MR) is 52.5 cm³/mol. The molecule has 0 aromatic heterocycles. The molecule has 76 valence electrons. The summed E-state index contributed by atoms with van der Waals surface area (Å²) in [6.45, 7) is 4.05. The van der Waals surface area contributed by atoms with Gasteiger partial charge in [-0.2, -0.15) is 0 Å². The molecule has 0 aromatic carbocycles. The zero-order valence-electron chi connectivity index (χ0n) is 8.07. The van der Waals surface area contributed by atoms with E-state index in [0.717, 1.165) is 13.1 Å². The van der Waals surface area contributed by atoms with Crippen LogP contribution in [0, 0.1) is 0 Å². The van der Waals surface area contributed by atoms with Crippen molar-refractivity contribution in [3.63, 3.8) is 0 Å². The standard InChI is InChI=1S/C9H17NO2S/c1-8-9(7-13(8,11)12)10-5-3-2-4-6-10/h8-9H,2-7H2,1H3/t8-,9+/m0/s1. The highest BCUT2D eigenvalue weighted by Crippen LogP contribution is 2.28. The van der Waals surface area contributed by atoms with Crippen LogP contribution in [0.25, 0.3) is 0 Å². The summed E-state index contributed by atoms with van der Waals surface area (Å²) >= 11 is 0. The Bertz CT molecular complexity index is 280. The Morgan fingerprint density at radius 3 is 2.23 bits per heavy atom. The molecule has 0 N–H and O–H groups in total. The molecule has 0 bridgehead atoms. The molecular formula is C9H17NO2S. The van der Waals surface area contributed by atoms with Crippen LogP contribution in [0.1, 0.15) is 26.2 Å². The Kier molecular flexibility index (Phi) is 2.36. The van der Waals surface area contributed by atoms with E-state index in [1.54, 1.807) is 0 Å². The first-order valence-electron chi connectivity index (χ1n) is 5.07. The highest BCUT2D eigenvalue weighted by Gasteiger charge is 2.45. The molecule has 0 unspecified atom stereocenters. The van der Waals surface area contributed by atoms with E-state index in [0.29, 0.717) is 11.8 Å². The topological polar surface area (TPSA) is 37.4 Å². The van der Waals surface area contributed by atoms with E-state index >= 15 is 0 Å². The van der Waals surface area contributed by atoms with E-state index in [2.05, 4.69) is 4.90 Å². The van der Waals surface area contributed by atoms with E-state index in [1.807, 2.05) is 6.92 Å². The van der Waals surface area contributed by atoms with Crippen molar-refractivity contribution in [3.8, 4) is 0 Å².